The molecule has 3 rings (SSSR count). The van der Waals surface area contributed by atoms with Crippen LogP contribution in [0, 0.1) is 0 Å². The van der Waals surface area contributed by atoms with E-state index in [1.54, 1.807) is 18.5 Å². The van der Waals surface area contributed by atoms with Crippen molar-refractivity contribution in [3.05, 3.63) is 59.2 Å². The van der Waals surface area contributed by atoms with Gasteiger partial charge in [0.1, 0.15) is 0 Å². The van der Waals surface area contributed by atoms with Crippen LogP contribution in [0.5, 0.6) is 0 Å². The maximum absolute atomic E-state index is 11.2. The predicted molar refractivity (Wildman–Crippen MR) is 65.6 cm³/mol. The van der Waals surface area contributed by atoms with E-state index in [9.17, 15) is 9.90 Å². The number of carboxylic acids is 1. The number of hydrogen-bond donors (Lipinski definition) is 1. The topological polar surface area (TPSA) is 63.1 Å². The van der Waals surface area contributed by atoms with Crippen LogP contribution in [0.1, 0.15) is 39.5 Å². The molecular formula is C14H12N2O2. The van der Waals surface area contributed by atoms with Gasteiger partial charge in [-0.05, 0) is 36.1 Å². The number of rotatable bonds is 2. The number of nitrogens with zero attached hydrogens (tertiary/aromatic N) is 2. The van der Waals surface area contributed by atoms with Crippen LogP contribution in [0.2, 0.25) is 0 Å². The number of aryl methyl sites for hydroxylation is 1. The van der Waals surface area contributed by atoms with Gasteiger partial charge in [0, 0.05) is 24.5 Å². The Morgan fingerprint density at radius 2 is 2.22 bits per heavy atom. The van der Waals surface area contributed by atoms with Crippen molar-refractivity contribution in [1.29, 1.82) is 0 Å². The maximum Gasteiger partial charge on any atom is 0.336 e. The van der Waals surface area contributed by atoms with E-state index in [0.29, 0.717) is 5.56 Å². The molecule has 0 saturated carbocycles. The number of hydrogen-bond acceptors (Lipinski definition) is 3. The number of aromatic nitrogens is 2. The lowest BCUT2D eigenvalue weighted by molar-refractivity contribution is 0.0695. The summed E-state index contributed by atoms with van der Waals surface area (Å²) >= 11 is 0. The second kappa shape index (κ2) is 4.22. The number of fused-ring (bicyclic) bond motifs is 1. The molecule has 18 heavy (non-hydrogen) atoms. The molecule has 4 nitrogen and oxygen atoms in total. The second-order valence-electron chi connectivity index (χ2n) is 4.41. The van der Waals surface area contributed by atoms with Crippen molar-refractivity contribution in [2.75, 3.05) is 0 Å². The summed E-state index contributed by atoms with van der Waals surface area (Å²) in [5.74, 6) is -0.849. The molecule has 2 heterocycles. The van der Waals surface area contributed by atoms with Gasteiger partial charge in [-0.1, -0.05) is 6.07 Å². The van der Waals surface area contributed by atoms with Gasteiger partial charge < -0.3 is 5.11 Å². The molecule has 1 unspecified atom stereocenters. The molecule has 0 spiro atoms. The van der Waals surface area contributed by atoms with E-state index < -0.39 is 5.97 Å². The van der Waals surface area contributed by atoms with E-state index in [-0.39, 0.29) is 5.92 Å². The van der Waals surface area contributed by atoms with Crippen molar-refractivity contribution in [3.63, 3.8) is 0 Å². The van der Waals surface area contributed by atoms with Crippen LogP contribution in [0.15, 0.2) is 36.8 Å². The Balaban J connectivity index is 2.10. The van der Waals surface area contributed by atoms with Gasteiger partial charge in [-0.3, -0.25) is 9.97 Å². The molecular weight excluding hydrogens is 228 g/mol. The molecule has 4 heteroatoms. The number of carboxylic acid groups (broad SMARTS) is 1. The molecule has 0 saturated heterocycles. The van der Waals surface area contributed by atoms with Crippen molar-refractivity contribution in [2.24, 2.45) is 0 Å². The van der Waals surface area contributed by atoms with Gasteiger partial charge in [0.25, 0.3) is 0 Å². The van der Waals surface area contributed by atoms with E-state index >= 15 is 0 Å². The first-order valence-electron chi connectivity index (χ1n) is 5.88. The van der Waals surface area contributed by atoms with Crippen LogP contribution >= 0.6 is 0 Å². The van der Waals surface area contributed by atoms with E-state index in [0.717, 1.165) is 24.1 Å². The lowest BCUT2D eigenvalue weighted by Gasteiger charge is -2.13. The smallest absolute Gasteiger partial charge is 0.336 e. The van der Waals surface area contributed by atoms with Gasteiger partial charge in [-0.25, -0.2) is 4.79 Å². The molecule has 0 fully saturated rings. The highest BCUT2D eigenvalue weighted by Gasteiger charge is 2.28. The Morgan fingerprint density at radius 3 is 3.06 bits per heavy atom. The van der Waals surface area contributed by atoms with Gasteiger partial charge in [0.2, 0.25) is 0 Å². The lowest BCUT2D eigenvalue weighted by Crippen LogP contribution is -2.08. The van der Waals surface area contributed by atoms with Crippen molar-refractivity contribution in [1.82, 2.24) is 9.97 Å². The van der Waals surface area contributed by atoms with E-state index in [1.807, 2.05) is 6.07 Å². The molecule has 2 aromatic rings. The summed E-state index contributed by atoms with van der Waals surface area (Å²) in [4.78, 5) is 19.7. The maximum atomic E-state index is 11.2. The quantitative estimate of drug-likeness (QED) is 0.874. The first-order valence-corrected chi connectivity index (χ1v) is 5.88. The molecule has 1 aliphatic rings. The molecule has 2 aromatic heterocycles. The van der Waals surface area contributed by atoms with Crippen molar-refractivity contribution in [2.45, 2.75) is 18.8 Å². The Bertz CT molecular complexity index is 610. The van der Waals surface area contributed by atoms with Gasteiger partial charge in [-0.2, -0.15) is 0 Å². The highest BCUT2D eigenvalue weighted by atomic mass is 16.4. The zero-order valence-electron chi connectivity index (χ0n) is 9.71. The summed E-state index contributed by atoms with van der Waals surface area (Å²) in [6, 6.07) is 5.53. The normalized spacial score (nSPS) is 17.4. The molecule has 0 bridgehead atoms. The van der Waals surface area contributed by atoms with Gasteiger partial charge in [0.15, 0.2) is 0 Å². The molecule has 0 aromatic carbocycles. The van der Waals surface area contributed by atoms with Crippen molar-refractivity contribution in [3.8, 4) is 0 Å². The SMILES string of the molecule is O=C(O)c1ccncc1C1CCc2cccnc21. The van der Waals surface area contributed by atoms with Crippen LogP contribution in [0.25, 0.3) is 0 Å². The highest BCUT2D eigenvalue weighted by molar-refractivity contribution is 5.89. The zero-order valence-corrected chi connectivity index (χ0v) is 9.71. The lowest BCUT2D eigenvalue weighted by atomic mass is 9.94. The molecule has 1 atom stereocenters. The summed E-state index contributed by atoms with van der Waals surface area (Å²) in [7, 11) is 0. The fourth-order valence-electron chi connectivity index (χ4n) is 2.59. The van der Waals surface area contributed by atoms with Gasteiger partial charge in [-0.15, -0.1) is 0 Å². The largest absolute Gasteiger partial charge is 0.478 e. The molecule has 1 aliphatic carbocycles. The molecule has 90 valence electrons. The van der Waals surface area contributed by atoms with Crippen LogP contribution in [0.3, 0.4) is 0 Å². The molecule has 0 radical (unpaired) electrons. The summed E-state index contributed by atoms with van der Waals surface area (Å²) < 4.78 is 0. The Hall–Kier alpha value is -2.23. The monoisotopic (exact) mass is 240 g/mol. The van der Waals surface area contributed by atoms with Crippen LogP contribution in [-0.2, 0) is 6.42 Å². The molecule has 1 N–H and O–H groups in total. The second-order valence-corrected chi connectivity index (χ2v) is 4.41. The van der Waals surface area contributed by atoms with Crippen LogP contribution in [0.4, 0.5) is 0 Å². The first kappa shape index (κ1) is 10.9. The highest BCUT2D eigenvalue weighted by Crippen LogP contribution is 2.37. The third-order valence-electron chi connectivity index (χ3n) is 3.42. The minimum atomic E-state index is -0.906. The number of aromatic carboxylic acids is 1. The predicted octanol–water partition coefficient (Wildman–Crippen LogP) is 2.25. The molecule has 0 amide bonds. The van der Waals surface area contributed by atoms with Crippen molar-refractivity contribution >= 4 is 5.97 Å². The number of carbonyl (C=O) groups is 1. The summed E-state index contributed by atoms with van der Waals surface area (Å²) in [6.45, 7) is 0. The van der Waals surface area contributed by atoms with E-state index in [4.69, 9.17) is 0 Å². The fraction of sp³-hybridized carbons (Fsp3) is 0.214. The summed E-state index contributed by atoms with van der Waals surface area (Å²) in [5, 5.41) is 9.23. The number of pyridine rings is 2. The fourth-order valence-corrected chi connectivity index (χ4v) is 2.59. The summed E-state index contributed by atoms with van der Waals surface area (Å²) in [5.41, 5.74) is 3.30. The average Bonchev–Trinajstić information content (AvgIpc) is 2.82. The first-order chi connectivity index (χ1) is 8.77. The average molecular weight is 240 g/mol. The Morgan fingerprint density at radius 1 is 1.33 bits per heavy atom. The van der Waals surface area contributed by atoms with E-state index in [1.165, 1.54) is 11.8 Å². The van der Waals surface area contributed by atoms with Crippen LogP contribution < -0.4 is 0 Å². The standard InChI is InChI=1S/C14H12N2O2/c17-14(18)11-5-7-15-8-12(11)10-4-3-9-2-1-6-16-13(9)10/h1-2,5-8,10H,3-4H2,(H,17,18). The minimum Gasteiger partial charge on any atom is -0.478 e. The van der Waals surface area contributed by atoms with Crippen LogP contribution in [-0.4, -0.2) is 21.0 Å². The summed E-state index contributed by atoms with van der Waals surface area (Å²) in [6.07, 6.45) is 6.77. The van der Waals surface area contributed by atoms with Gasteiger partial charge >= 0.3 is 5.97 Å². The minimum absolute atomic E-state index is 0.0565. The molecule has 0 aliphatic heterocycles. The van der Waals surface area contributed by atoms with Crippen molar-refractivity contribution < 1.29 is 9.90 Å². The zero-order chi connectivity index (χ0) is 12.5. The van der Waals surface area contributed by atoms with Gasteiger partial charge in [0.05, 0.1) is 11.3 Å². The third-order valence-corrected chi connectivity index (χ3v) is 3.42. The van der Waals surface area contributed by atoms with E-state index in [2.05, 4.69) is 16.0 Å². The third kappa shape index (κ3) is 1.66. The Labute approximate surface area is 104 Å². The Kier molecular flexibility index (Phi) is 2.55.